The first kappa shape index (κ1) is 16.0. The van der Waals surface area contributed by atoms with E-state index in [0.717, 1.165) is 23.7 Å². The van der Waals surface area contributed by atoms with E-state index in [-0.39, 0.29) is 6.03 Å². The summed E-state index contributed by atoms with van der Waals surface area (Å²) in [5.74, 6) is 0. The molecule has 1 aromatic heterocycles. The van der Waals surface area contributed by atoms with E-state index in [1.807, 2.05) is 11.0 Å². The Bertz CT molecular complexity index is 678. The van der Waals surface area contributed by atoms with E-state index < -0.39 is 10.8 Å². The summed E-state index contributed by atoms with van der Waals surface area (Å²) >= 11 is 1.73. The number of carbonyl (C=O) groups is 1. The Morgan fingerprint density at radius 3 is 2.39 bits per heavy atom. The fourth-order valence-electron chi connectivity index (χ4n) is 2.51. The van der Waals surface area contributed by atoms with Crippen LogP contribution in [-0.2, 0) is 10.8 Å². The first-order valence-electron chi connectivity index (χ1n) is 7.41. The molecule has 122 valence electrons. The van der Waals surface area contributed by atoms with Gasteiger partial charge in [0, 0.05) is 53.8 Å². The third kappa shape index (κ3) is 3.92. The van der Waals surface area contributed by atoms with Crippen LogP contribution in [0.25, 0.3) is 0 Å². The minimum atomic E-state index is -1.00. The van der Waals surface area contributed by atoms with Gasteiger partial charge in [-0.1, -0.05) is 0 Å². The number of carbonyl (C=O) groups excluding carboxylic acids is 1. The van der Waals surface area contributed by atoms with Gasteiger partial charge in [-0.05, 0) is 41.8 Å². The molecule has 5 nitrogen and oxygen atoms in total. The zero-order valence-corrected chi connectivity index (χ0v) is 14.5. The molecule has 1 N–H and O–H groups in total. The Hall–Kier alpha value is -1.86. The minimum absolute atomic E-state index is 0.0822. The lowest BCUT2D eigenvalue weighted by atomic mass is 10.3. The Morgan fingerprint density at radius 1 is 1.13 bits per heavy atom. The molecule has 2 aromatic rings. The predicted octanol–water partition coefficient (Wildman–Crippen LogP) is 2.84. The second kappa shape index (κ2) is 7.14. The monoisotopic (exact) mass is 349 g/mol. The third-order valence-corrected chi connectivity index (χ3v) is 5.69. The van der Waals surface area contributed by atoms with Crippen molar-refractivity contribution >= 4 is 38.9 Å². The van der Waals surface area contributed by atoms with Crippen molar-refractivity contribution in [3.05, 3.63) is 41.8 Å². The number of anilines is 2. The summed E-state index contributed by atoms with van der Waals surface area (Å²) in [5.41, 5.74) is 0.727. The number of amides is 2. The normalized spacial score (nSPS) is 16.2. The maximum atomic E-state index is 12.3. The third-order valence-electron chi connectivity index (χ3n) is 3.82. The first-order chi connectivity index (χ1) is 11.1. The molecule has 23 heavy (non-hydrogen) atoms. The molecule has 1 aliphatic rings. The lowest BCUT2D eigenvalue weighted by molar-refractivity contribution is 0.208. The lowest BCUT2D eigenvalue weighted by Gasteiger charge is -2.35. The van der Waals surface area contributed by atoms with Gasteiger partial charge in [0.2, 0.25) is 0 Å². The highest BCUT2D eigenvalue weighted by atomic mass is 32.2. The number of rotatable bonds is 3. The van der Waals surface area contributed by atoms with E-state index >= 15 is 0 Å². The van der Waals surface area contributed by atoms with Crippen LogP contribution >= 0.6 is 11.3 Å². The van der Waals surface area contributed by atoms with Gasteiger partial charge >= 0.3 is 6.03 Å². The summed E-state index contributed by atoms with van der Waals surface area (Å²) in [7, 11) is -1.00. The zero-order chi connectivity index (χ0) is 16.2. The molecule has 0 spiro atoms. The molecule has 2 amide bonds. The Morgan fingerprint density at radius 2 is 1.83 bits per heavy atom. The Balaban J connectivity index is 1.54. The maximum Gasteiger partial charge on any atom is 0.321 e. The van der Waals surface area contributed by atoms with Crippen molar-refractivity contribution < 1.29 is 9.00 Å². The Kier molecular flexibility index (Phi) is 4.97. The average Bonchev–Trinajstić information content (AvgIpc) is 3.10. The number of piperazine rings is 1. The number of hydrogen-bond acceptors (Lipinski definition) is 4. The highest BCUT2D eigenvalue weighted by Gasteiger charge is 2.21. The van der Waals surface area contributed by atoms with Crippen LogP contribution in [0, 0.1) is 0 Å². The molecule has 2 heterocycles. The molecule has 0 bridgehead atoms. The summed E-state index contributed by atoms with van der Waals surface area (Å²) in [4.78, 5) is 17.2. The SMILES string of the molecule is C[S@](=O)c1ccc(NC(=O)N2CCN(c3cccs3)CC2)cc1. The van der Waals surface area contributed by atoms with Crippen LogP contribution in [0.1, 0.15) is 0 Å². The topological polar surface area (TPSA) is 52.7 Å². The van der Waals surface area contributed by atoms with Gasteiger partial charge < -0.3 is 15.1 Å². The number of hydrogen-bond donors (Lipinski definition) is 1. The quantitative estimate of drug-likeness (QED) is 0.927. The summed E-state index contributed by atoms with van der Waals surface area (Å²) in [6, 6.07) is 11.2. The van der Waals surface area contributed by atoms with Crippen molar-refractivity contribution in [1.82, 2.24) is 4.90 Å². The summed E-state index contributed by atoms with van der Waals surface area (Å²) in [5, 5.41) is 6.23. The molecule has 0 unspecified atom stereocenters. The smallest absolute Gasteiger partial charge is 0.321 e. The van der Waals surface area contributed by atoms with E-state index in [9.17, 15) is 9.00 Å². The molecule has 0 radical (unpaired) electrons. The van der Waals surface area contributed by atoms with Crippen LogP contribution in [0.15, 0.2) is 46.7 Å². The number of benzene rings is 1. The van der Waals surface area contributed by atoms with Crippen molar-refractivity contribution in [1.29, 1.82) is 0 Å². The van der Waals surface area contributed by atoms with Gasteiger partial charge in [-0.25, -0.2) is 4.79 Å². The van der Waals surface area contributed by atoms with Gasteiger partial charge in [0.15, 0.2) is 0 Å². The first-order valence-corrected chi connectivity index (χ1v) is 9.85. The molecule has 1 aromatic carbocycles. The van der Waals surface area contributed by atoms with E-state index in [0.29, 0.717) is 13.1 Å². The molecular formula is C16H19N3O2S2. The van der Waals surface area contributed by atoms with Crippen molar-refractivity contribution in [3.63, 3.8) is 0 Å². The van der Waals surface area contributed by atoms with Crippen LogP contribution in [0.4, 0.5) is 15.5 Å². The molecule has 0 saturated carbocycles. The largest absolute Gasteiger partial charge is 0.360 e. The highest BCUT2D eigenvalue weighted by molar-refractivity contribution is 7.84. The fourth-order valence-corrected chi connectivity index (χ4v) is 3.82. The number of urea groups is 1. The van der Waals surface area contributed by atoms with Gasteiger partial charge in [0.1, 0.15) is 0 Å². The summed E-state index contributed by atoms with van der Waals surface area (Å²) in [6.45, 7) is 3.12. The number of nitrogens with zero attached hydrogens (tertiary/aromatic N) is 2. The molecular weight excluding hydrogens is 330 g/mol. The van der Waals surface area contributed by atoms with Crippen molar-refractivity contribution in [3.8, 4) is 0 Å². The molecule has 0 aliphatic carbocycles. The van der Waals surface area contributed by atoms with Gasteiger partial charge in [-0.2, -0.15) is 0 Å². The van der Waals surface area contributed by atoms with Crippen molar-refractivity contribution in [2.45, 2.75) is 4.90 Å². The second-order valence-corrected chi connectivity index (χ2v) is 7.64. The molecule has 7 heteroatoms. The average molecular weight is 349 g/mol. The van der Waals surface area contributed by atoms with Crippen LogP contribution in [0.3, 0.4) is 0 Å². The van der Waals surface area contributed by atoms with E-state index in [4.69, 9.17) is 0 Å². The van der Waals surface area contributed by atoms with Gasteiger partial charge in [-0.15, -0.1) is 11.3 Å². The molecule has 1 aliphatic heterocycles. The fraction of sp³-hybridized carbons (Fsp3) is 0.312. The summed E-state index contributed by atoms with van der Waals surface area (Å²) < 4.78 is 11.4. The standard InChI is InChI=1S/C16H19N3O2S2/c1-23(21)14-6-4-13(5-7-14)17-16(20)19-10-8-18(9-11-19)15-3-2-12-22-15/h2-7,12H,8-11H2,1H3,(H,17,20)/t23-/m0/s1. The van der Waals surface area contributed by atoms with Crippen LogP contribution in [0.5, 0.6) is 0 Å². The second-order valence-electron chi connectivity index (χ2n) is 5.33. The zero-order valence-electron chi connectivity index (χ0n) is 12.9. The van der Waals surface area contributed by atoms with Crippen molar-refractivity contribution in [2.24, 2.45) is 0 Å². The van der Waals surface area contributed by atoms with Crippen LogP contribution in [-0.4, -0.2) is 47.6 Å². The molecule has 1 saturated heterocycles. The van der Waals surface area contributed by atoms with E-state index in [1.165, 1.54) is 5.00 Å². The van der Waals surface area contributed by atoms with Crippen LogP contribution in [0.2, 0.25) is 0 Å². The highest BCUT2D eigenvalue weighted by Crippen LogP contribution is 2.22. The summed E-state index contributed by atoms with van der Waals surface area (Å²) in [6.07, 6.45) is 1.64. The van der Waals surface area contributed by atoms with Gasteiger partial charge in [0.25, 0.3) is 0 Å². The van der Waals surface area contributed by atoms with Crippen LogP contribution < -0.4 is 10.2 Å². The van der Waals surface area contributed by atoms with E-state index in [1.54, 1.807) is 41.9 Å². The molecule has 3 rings (SSSR count). The number of thiophene rings is 1. The van der Waals surface area contributed by atoms with E-state index in [2.05, 4.69) is 21.7 Å². The predicted molar refractivity (Wildman–Crippen MR) is 95.9 cm³/mol. The minimum Gasteiger partial charge on any atom is -0.360 e. The van der Waals surface area contributed by atoms with Gasteiger partial charge in [-0.3, -0.25) is 4.21 Å². The lowest BCUT2D eigenvalue weighted by Crippen LogP contribution is -2.49. The molecule has 1 atom stereocenters. The van der Waals surface area contributed by atoms with Gasteiger partial charge in [0.05, 0.1) is 5.00 Å². The maximum absolute atomic E-state index is 12.3. The molecule has 1 fully saturated rings. The number of nitrogens with one attached hydrogen (secondary N) is 1. The Labute approximate surface area is 142 Å². The van der Waals surface area contributed by atoms with Crippen molar-refractivity contribution in [2.75, 3.05) is 42.7 Å².